The molecule has 2 aromatic rings. The van der Waals surface area contributed by atoms with Gasteiger partial charge in [-0.2, -0.15) is 0 Å². The second-order valence-electron chi connectivity index (χ2n) is 6.00. The van der Waals surface area contributed by atoms with Gasteiger partial charge in [-0.05, 0) is 38.3 Å². The Morgan fingerprint density at radius 1 is 1.26 bits per heavy atom. The van der Waals surface area contributed by atoms with Gasteiger partial charge in [0.1, 0.15) is 5.82 Å². The van der Waals surface area contributed by atoms with Crippen LogP contribution in [0.3, 0.4) is 0 Å². The van der Waals surface area contributed by atoms with Crippen molar-refractivity contribution in [1.82, 2.24) is 9.55 Å². The Hall–Kier alpha value is -1.02. The molecule has 3 heteroatoms. The third kappa shape index (κ3) is 2.06. The Morgan fingerprint density at radius 2 is 2.00 bits per heavy atom. The van der Waals surface area contributed by atoms with E-state index >= 15 is 0 Å². The van der Waals surface area contributed by atoms with E-state index < -0.39 is 0 Å². The molecule has 1 fully saturated rings. The number of aryl methyl sites for hydroxylation is 1. The number of para-hydroxylation sites is 1. The lowest BCUT2D eigenvalue weighted by molar-refractivity contribution is 0.220. The minimum Gasteiger partial charge on any atom is -0.321 e. The van der Waals surface area contributed by atoms with Gasteiger partial charge in [-0.1, -0.05) is 31.4 Å². The maximum Gasteiger partial charge on any atom is 0.125 e. The molecule has 102 valence electrons. The predicted octanol–water partition coefficient (Wildman–Crippen LogP) is 4.76. The first-order valence-electron chi connectivity index (χ1n) is 7.19. The number of rotatable bonds is 2. The van der Waals surface area contributed by atoms with Gasteiger partial charge < -0.3 is 4.57 Å². The van der Waals surface area contributed by atoms with Crippen LogP contribution in [0.1, 0.15) is 50.4 Å². The lowest BCUT2D eigenvalue weighted by atomic mass is 9.83. The molecule has 1 aromatic heterocycles. The first-order chi connectivity index (χ1) is 9.15. The Morgan fingerprint density at radius 3 is 2.68 bits per heavy atom. The normalized spacial score (nSPS) is 18.9. The van der Waals surface area contributed by atoms with E-state index in [1.54, 1.807) is 0 Å². The first kappa shape index (κ1) is 13.0. The van der Waals surface area contributed by atoms with Gasteiger partial charge in [0, 0.05) is 5.54 Å². The minimum absolute atomic E-state index is 0.186. The molecule has 1 heterocycles. The number of aromatic nitrogens is 2. The maximum absolute atomic E-state index is 6.15. The fourth-order valence-corrected chi connectivity index (χ4v) is 3.70. The van der Waals surface area contributed by atoms with E-state index in [-0.39, 0.29) is 5.54 Å². The van der Waals surface area contributed by atoms with Gasteiger partial charge in [0.2, 0.25) is 0 Å². The number of alkyl halides is 1. The molecule has 1 aliphatic rings. The smallest absolute Gasteiger partial charge is 0.125 e. The summed E-state index contributed by atoms with van der Waals surface area (Å²) in [4.78, 5) is 4.78. The molecule has 0 aliphatic heterocycles. The summed E-state index contributed by atoms with van der Waals surface area (Å²) in [6.07, 6.45) is 6.44. The highest BCUT2D eigenvalue weighted by Crippen LogP contribution is 2.38. The van der Waals surface area contributed by atoms with Gasteiger partial charge in [0.25, 0.3) is 0 Å². The van der Waals surface area contributed by atoms with Crippen molar-refractivity contribution in [3.8, 4) is 0 Å². The molecule has 19 heavy (non-hydrogen) atoms. The lowest BCUT2D eigenvalue weighted by Gasteiger charge is -2.36. The topological polar surface area (TPSA) is 17.8 Å². The van der Waals surface area contributed by atoms with Crippen molar-refractivity contribution in [3.63, 3.8) is 0 Å². The molecule has 1 aromatic carbocycles. The zero-order valence-electron chi connectivity index (χ0n) is 11.7. The average Bonchev–Trinajstić information content (AvgIpc) is 2.80. The molecule has 3 rings (SSSR count). The van der Waals surface area contributed by atoms with Gasteiger partial charge in [-0.25, -0.2) is 4.98 Å². The van der Waals surface area contributed by atoms with Crippen molar-refractivity contribution in [1.29, 1.82) is 0 Å². The van der Waals surface area contributed by atoms with Crippen LogP contribution in [-0.2, 0) is 11.4 Å². The molecule has 0 amide bonds. The Bertz CT molecular complexity index is 594. The van der Waals surface area contributed by atoms with Gasteiger partial charge in [0.05, 0.1) is 16.9 Å². The van der Waals surface area contributed by atoms with Crippen molar-refractivity contribution in [2.75, 3.05) is 0 Å². The minimum atomic E-state index is 0.186. The maximum atomic E-state index is 6.15. The van der Waals surface area contributed by atoms with Crippen molar-refractivity contribution in [2.24, 2.45) is 0 Å². The van der Waals surface area contributed by atoms with Crippen LogP contribution >= 0.6 is 11.6 Å². The second kappa shape index (κ2) is 4.82. The number of fused-ring (bicyclic) bond motifs is 1. The highest BCUT2D eigenvalue weighted by Gasteiger charge is 2.32. The molecule has 0 radical (unpaired) electrons. The van der Waals surface area contributed by atoms with E-state index in [9.17, 15) is 0 Å². The molecule has 2 nitrogen and oxygen atoms in total. The summed E-state index contributed by atoms with van der Waals surface area (Å²) in [6.45, 7) is 4.49. The summed E-state index contributed by atoms with van der Waals surface area (Å²) in [6, 6.07) is 6.44. The predicted molar refractivity (Wildman–Crippen MR) is 80.8 cm³/mol. The first-order valence-corrected chi connectivity index (χ1v) is 7.72. The number of hydrogen-bond acceptors (Lipinski definition) is 1. The molecule has 0 unspecified atom stereocenters. The van der Waals surface area contributed by atoms with E-state index in [0.29, 0.717) is 5.88 Å². The number of imidazole rings is 1. The van der Waals surface area contributed by atoms with Gasteiger partial charge >= 0.3 is 0 Å². The summed E-state index contributed by atoms with van der Waals surface area (Å²) in [7, 11) is 0. The zero-order chi connectivity index (χ0) is 13.5. The third-order valence-corrected chi connectivity index (χ3v) is 4.79. The largest absolute Gasteiger partial charge is 0.321 e. The number of halogens is 1. The average molecular weight is 277 g/mol. The van der Waals surface area contributed by atoms with Crippen molar-refractivity contribution >= 4 is 22.6 Å². The zero-order valence-corrected chi connectivity index (χ0v) is 12.5. The third-order valence-electron chi connectivity index (χ3n) is 4.55. The summed E-state index contributed by atoms with van der Waals surface area (Å²) in [5.74, 6) is 1.51. The fraction of sp³-hybridized carbons (Fsp3) is 0.562. The molecule has 1 aliphatic carbocycles. The molecule has 0 atom stereocenters. The summed E-state index contributed by atoms with van der Waals surface area (Å²) in [5.41, 5.74) is 3.79. The second-order valence-corrected chi connectivity index (χ2v) is 6.26. The Balaban J connectivity index is 2.23. The Labute approximate surface area is 119 Å². The van der Waals surface area contributed by atoms with E-state index in [0.717, 1.165) is 11.3 Å². The molecule has 0 N–H and O–H groups in total. The summed E-state index contributed by atoms with van der Waals surface area (Å²) >= 11 is 6.15. The summed E-state index contributed by atoms with van der Waals surface area (Å²) in [5, 5.41) is 0. The molecular formula is C16H21ClN2. The summed E-state index contributed by atoms with van der Waals surface area (Å²) < 4.78 is 2.42. The Kier molecular flexibility index (Phi) is 3.30. The lowest BCUT2D eigenvalue weighted by Crippen LogP contribution is -2.33. The molecule has 0 spiro atoms. The van der Waals surface area contributed by atoms with Crippen molar-refractivity contribution in [3.05, 3.63) is 29.6 Å². The van der Waals surface area contributed by atoms with Gasteiger partial charge in [-0.3, -0.25) is 0 Å². The van der Waals surface area contributed by atoms with Crippen molar-refractivity contribution in [2.45, 2.75) is 57.4 Å². The standard InChI is InChI=1S/C16H21ClN2/c1-12-7-6-8-13-15(12)18-14(11-17)19(13)16(2)9-4-3-5-10-16/h6-8H,3-5,9-11H2,1-2H3. The van der Waals surface area contributed by atoms with Crippen LogP contribution in [-0.4, -0.2) is 9.55 Å². The van der Waals surface area contributed by atoms with Crippen LogP contribution in [0.4, 0.5) is 0 Å². The van der Waals surface area contributed by atoms with Gasteiger partial charge in [-0.15, -0.1) is 11.6 Å². The number of benzene rings is 1. The van der Waals surface area contributed by atoms with Crippen LogP contribution in [0.2, 0.25) is 0 Å². The van der Waals surface area contributed by atoms with E-state index in [4.69, 9.17) is 16.6 Å². The van der Waals surface area contributed by atoms with Crippen LogP contribution in [0, 0.1) is 6.92 Å². The van der Waals surface area contributed by atoms with Crippen LogP contribution in [0.15, 0.2) is 18.2 Å². The van der Waals surface area contributed by atoms with E-state index in [1.807, 2.05) is 0 Å². The fourth-order valence-electron chi connectivity index (χ4n) is 3.52. The van der Waals surface area contributed by atoms with Crippen LogP contribution in [0.25, 0.3) is 11.0 Å². The monoisotopic (exact) mass is 276 g/mol. The van der Waals surface area contributed by atoms with Crippen LogP contribution < -0.4 is 0 Å². The molecular weight excluding hydrogens is 256 g/mol. The van der Waals surface area contributed by atoms with Crippen LogP contribution in [0.5, 0.6) is 0 Å². The quantitative estimate of drug-likeness (QED) is 0.723. The highest BCUT2D eigenvalue weighted by molar-refractivity contribution is 6.16. The highest BCUT2D eigenvalue weighted by atomic mass is 35.5. The number of nitrogens with zero attached hydrogens (tertiary/aromatic N) is 2. The molecule has 0 saturated heterocycles. The van der Waals surface area contributed by atoms with E-state index in [2.05, 4.69) is 36.6 Å². The SMILES string of the molecule is Cc1cccc2c1nc(CCl)n2C1(C)CCCCC1. The number of hydrogen-bond donors (Lipinski definition) is 0. The molecule has 0 bridgehead atoms. The molecule has 1 saturated carbocycles. The van der Waals surface area contributed by atoms with E-state index in [1.165, 1.54) is 43.2 Å². The van der Waals surface area contributed by atoms with Gasteiger partial charge in [0.15, 0.2) is 0 Å². The van der Waals surface area contributed by atoms with Crippen molar-refractivity contribution < 1.29 is 0 Å².